The molecular weight excluding hydrogens is 382 g/mol. The first kappa shape index (κ1) is 23.1. The zero-order valence-corrected chi connectivity index (χ0v) is 16.6. The summed E-state index contributed by atoms with van der Waals surface area (Å²) in [6.45, 7) is 3.69. The summed E-state index contributed by atoms with van der Waals surface area (Å²) in [5, 5.41) is 0. The van der Waals surface area contributed by atoms with Crippen LogP contribution in [0.5, 0.6) is 0 Å². The molecule has 0 amide bonds. The molecule has 0 spiro atoms. The summed E-state index contributed by atoms with van der Waals surface area (Å²) in [7, 11) is 0. The Morgan fingerprint density at radius 2 is 1.46 bits per heavy atom. The van der Waals surface area contributed by atoms with Gasteiger partial charge in [0.05, 0.1) is 6.42 Å². The summed E-state index contributed by atoms with van der Waals surface area (Å²) >= 11 is 0. The van der Waals surface area contributed by atoms with Crippen molar-refractivity contribution in [2.75, 3.05) is 0 Å². The Morgan fingerprint density at radius 1 is 0.893 bits per heavy atom. The van der Waals surface area contributed by atoms with Crippen LogP contribution in [0, 0.1) is 11.8 Å². The number of hydrogen-bond acceptors (Lipinski definition) is 1. The van der Waals surface area contributed by atoms with Crippen LogP contribution in [0.25, 0.3) is 0 Å². The molecule has 0 heterocycles. The van der Waals surface area contributed by atoms with Crippen LogP contribution in [0.3, 0.4) is 0 Å². The second-order valence-electron chi connectivity index (χ2n) is 8.08. The third-order valence-electron chi connectivity index (χ3n) is 5.83. The lowest BCUT2D eigenvalue weighted by molar-refractivity contribution is -0.264. The highest BCUT2D eigenvalue weighted by Crippen LogP contribution is 2.50. The van der Waals surface area contributed by atoms with Crippen LogP contribution in [0.4, 0.5) is 26.3 Å². The highest BCUT2D eigenvalue weighted by Gasteiger charge is 2.64. The van der Waals surface area contributed by atoms with Gasteiger partial charge in [-0.1, -0.05) is 64.9 Å². The van der Waals surface area contributed by atoms with Crippen LogP contribution in [-0.4, -0.2) is 18.0 Å². The minimum absolute atomic E-state index is 0.0981. The summed E-state index contributed by atoms with van der Waals surface area (Å²) in [6.07, 6.45) is 2.73. The lowest BCUT2D eigenvalue weighted by Crippen LogP contribution is -2.47. The normalized spacial score (nSPS) is 27.1. The molecule has 0 aromatic rings. The first-order valence-electron chi connectivity index (χ1n) is 10.3. The number of ether oxygens (including phenoxy) is 1. The molecule has 0 aromatic heterocycles. The van der Waals surface area contributed by atoms with E-state index in [9.17, 15) is 26.3 Å². The van der Waals surface area contributed by atoms with Crippen molar-refractivity contribution in [2.45, 2.75) is 96.0 Å². The van der Waals surface area contributed by atoms with Gasteiger partial charge in [-0.3, -0.25) is 0 Å². The third-order valence-corrected chi connectivity index (χ3v) is 5.83. The lowest BCUT2D eigenvalue weighted by atomic mass is 9.78. The number of halogens is 6. The maximum atomic E-state index is 14.1. The highest BCUT2D eigenvalue weighted by atomic mass is 19.3. The minimum atomic E-state index is -4.78. The Kier molecular flexibility index (Phi) is 7.54. The van der Waals surface area contributed by atoms with Crippen molar-refractivity contribution < 1.29 is 31.1 Å². The zero-order chi connectivity index (χ0) is 21.0. The Morgan fingerprint density at radius 3 is 2.00 bits per heavy atom. The molecule has 1 saturated carbocycles. The molecule has 0 atom stereocenters. The Bertz CT molecular complexity index is 573. The van der Waals surface area contributed by atoms with Crippen molar-refractivity contribution >= 4 is 0 Å². The summed E-state index contributed by atoms with van der Waals surface area (Å²) < 4.78 is 88.8. The largest absolute Gasteiger partial charge is 0.430 e. The number of allylic oxidation sites excluding steroid dienone is 4. The van der Waals surface area contributed by atoms with E-state index in [4.69, 9.17) is 0 Å². The van der Waals surface area contributed by atoms with Gasteiger partial charge in [0.25, 0.3) is 0 Å². The van der Waals surface area contributed by atoms with Gasteiger partial charge in [0.15, 0.2) is 5.76 Å². The lowest BCUT2D eigenvalue weighted by Gasteiger charge is -2.34. The zero-order valence-electron chi connectivity index (χ0n) is 16.6. The van der Waals surface area contributed by atoms with Crippen LogP contribution in [-0.2, 0) is 4.74 Å². The van der Waals surface area contributed by atoms with Gasteiger partial charge in [-0.25, -0.2) is 0 Å². The van der Waals surface area contributed by atoms with Crippen molar-refractivity contribution in [1.29, 1.82) is 0 Å². The third kappa shape index (κ3) is 5.26. The molecule has 0 unspecified atom stereocenters. The number of hydrogen-bond donors (Lipinski definition) is 0. The quantitative estimate of drug-likeness (QED) is 0.350. The summed E-state index contributed by atoms with van der Waals surface area (Å²) in [5.41, 5.74) is -0.764. The monoisotopic (exact) mass is 412 g/mol. The van der Waals surface area contributed by atoms with Crippen LogP contribution in [0.1, 0.15) is 78.1 Å². The van der Waals surface area contributed by atoms with Crippen molar-refractivity contribution in [3.63, 3.8) is 0 Å². The van der Waals surface area contributed by atoms with Crippen molar-refractivity contribution in [2.24, 2.45) is 11.8 Å². The molecule has 2 aliphatic rings. The molecule has 2 rings (SSSR count). The molecule has 2 aliphatic carbocycles. The summed E-state index contributed by atoms with van der Waals surface area (Å²) in [6, 6.07) is 0. The fourth-order valence-corrected chi connectivity index (χ4v) is 4.15. The van der Waals surface area contributed by atoms with E-state index in [1.807, 2.05) is 0 Å². The maximum absolute atomic E-state index is 14.1. The summed E-state index contributed by atoms with van der Waals surface area (Å²) in [5.74, 6) is -10.2. The first-order chi connectivity index (χ1) is 13.0. The predicted molar refractivity (Wildman–Crippen MR) is 96.6 cm³/mol. The van der Waals surface area contributed by atoms with E-state index >= 15 is 0 Å². The molecule has 0 radical (unpaired) electrons. The van der Waals surface area contributed by atoms with Gasteiger partial charge in [-0.2, -0.15) is 26.3 Å². The molecule has 0 saturated heterocycles. The average Bonchev–Trinajstić information content (AvgIpc) is 2.62. The fourth-order valence-electron chi connectivity index (χ4n) is 4.15. The minimum Gasteiger partial charge on any atom is -0.430 e. The van der Waals surface area contributed by atoms with Crippen molar-refractivity contribution in [3.8, 4) is 0 Å². The molecule has 1 nitrogen and oxygen atoms in total. The Labute approximate surface area is 163 Å². The van der Waals surface area contributed by atoms with Gasteiger partial charge in [0.1, 0.15) is 0 Å². The molecule has 1 fully saturated rings. The molecule has 0 aromatic carbocycles. The average molecular weight is 412 g/mol. The summed E-state index contributed by atoms with van der Waals surface area (Å²) in [4.78, 5) is 0. The molecular formula is C21H30F6O. The van der Waals surface area contributed by atoms with Gasteiger partial charge in [-0.15, -0.1) is 0 Å². The predicted octanol–water partition coefficient (Wildman–Crippen LogP) is 7.88. The standard InChI is InChI=1S/C21H30F6O/c1-3-5-15-7-9-16(10-8-15)13-14-19(22,23)28-18-12-11-17(6-4-2)20(24,25)21(18,26)27/h11-12,15-16H,3-10,13-14H2,1-2H3. The van der Waals surface area contributed by atoms with E-state index in [1.54, 1.807) is 6.92 Å². The Hall–Kier alpha value is -1.14. The van der Waals surface area contributed by atoms with Crippen LogP contribution >= 0.6 is 0 Å². The molecule has 7 heteroatoms. The maximum Gasteiger partial charge on any atom is 0.397 e. The van der Waals surface area contributed by atoms with Gasteiger partial charge in [0, 0.05) is 5.57 Å². The second-order valence-corrected chi connectivity index (χ2v) is 8.08. The van der Waals surface area contributed by atoms with E-state index < -0.39 is 35.7 Å². The van der Waals surface area contributed by atoms with E-state index in [-0.39, 0.29) is 25.2 Å². The van der Waals surface area contributed by atoms with Gasteiger partial charge in [-0.05, 0) is 30.8 Å². The molecule has 0 aliphatic heterocycles. The van der Waals surface area contributed by atoms with Gasteiger partial charge in [0.2, 0.25) is 0 Å². The van der Waals surface area contributed by atoms with E-state index in [0.29, 0.717) is 12.0 Å². The first-order valence-corrected chi connectivity index (χ1v) is 10.3. The molecule has 28 heavy (non-hydrogen) atoms. The highest BCUT2D eigenvalue weighted by molar-refractivity contribution is 5.35. The second kappa shape index (κ2) is 9.12. The fraction of sp³-hybridized carbons (Fsp3) is 0.810. The number of rotatable bonds is 9. The van der Waals surface area contributed by atoms with E-state index in [1.165, 1.54) is 0 Å². The van der Waals surface area contributed by atoms with Crippen LogP contribution < -0.4 is 0 Å². The van der Waals surface area contributed by atoms with Crippen molar-refractivity contribution in [1.82, 2.24) is 0 Å². The molecule has 0 N–H and O–H groups in total. The van der Waals surface area contributed by atoms with Crippen molar-refractivity contribution in [3.05, 3.63) is 23.5 Å². The smallest absolute Gasteiger partial charge is 0.397 e. The van der Waals surface area contributed by atoms with Gasteiger partial charge >= 0.3 is 18.0 Å². The van der Waals surface area contributed by atoms with Crippen LogP contribution in [0.2, 0.25) is 0 Å². The van der Waals surface area contributed by atoms with Crippen LogP contribution in [0.15, 0.2) is 23.5 Å². The van der Waals surface area contributed by atoms with E-state index in [2.05, 4.69) is 11.7 Å². The van der Waals surface area contributed by atoms with E-state index in [0.717, 1.165) is 44.6 Å². The SMILES string of the molecule is CCCC1=CC=C(OC(F)(F)CCC2CCC(CCC)CC2)C(F)(F)C1(F)F. The van der Waals surface area contributed by atoms with Gasteiger partial charge < -0.3 is 4.74 Å². The molecule has 162 valence electrons. The topological polar surface area (TPSA) is 9.23 Å². The Balaban J connectivity index is 1.96. The molecule has 0 bridgehead atoms. The number of alkyl halides is 6.